The summed E-state index contributed by atoms with van der Waals surface area (Å²) in [6.45, 7) is 23.7. The van der Waals surface area contributed by atoms with E-state index >= 15 is 0 Å². The van der Waals surface area contributed by atoms with Gasteiger partial charge in [0, 0.05) is 74.2 Å². The van der Waals surface area contributed by atoms with Gasteiger partial charge in [0.05, 0.1) is 145 Å². The Hall–Kier alpha value is -11.7. The number of anilines is 15. The summed E-state index contributed by atoms with van der Waals surface area (Å²) in [5.41, 5.74) is 9.67. The summed E-state index contributed by atoms with van der Waals surface area (Å²) in [7, 11) is 0.0220. The molecule has 10 aliphatic heterocycles. The lowest BCUT2D eigenvalue weighted by molar-refractivity contribution is -0.386. The number of ether oxygens (including phenoxy) is 10. The fraction of sp³-hybridized carbons (Fsp3) is 0.455. The van der Waals surface area contributed by atoms with E-state index in [-0.39, 0.29) is 61.6 Å². The average Bonchev–Trinajstić information content (AvgIpc) is 0.766. The van der Waals surface area contributed by atoms with Crippen molar-refractivity contribution in [1.82, 2.24) is 60.1 Å². The van der Waals surface area contributed by atoms with Gasteiger partial charge in [-0.25, -0.2) is 15.0 Å². The molecule has 18 heterocycles. The van der Waals surface area contributed by atoms with Crippen molar-refractivity contribution in [3.8, 4) is 29.4 Å². The molecule has 150 heavy (non-hydrogen) atoms. The van der Waals surface area contributed by atoms with Crippen LogP contribution in [0.1, 0.15) is 96.3 Å². The SMILES string of the molecule is C1CCC2(CNC2)OC1.COc1nc(Cl)ccc1[N+](=O)[O-].COc1nc(N2CC3(CCCCO3)C2)ccc1N.COc1nc(N2CC3(CCCCO3)C2)ccc1Nc1ncc(Cl)c(Nc2ccccc2P(C)(C)=O)n1.COc1nc(N2CC3(CCCCO3)C2)ccc1Nc1ncc(Cl)c(Nc2ccccc2P(C)(C)=O)n1.COc1nc(N2CC3(CCCCO3)C2)ccc1[N+](=O)[O-].CP(C)(=O)c1ccccc1Nc1nc(Cl)ncc1Cl. The van der Waals surface area contributed by atoms with Crippen LogP contribution in [0.3, 0.4) is 0 Å². The normalized spacial score (nSPS) is 17.6. The zero-order chi connectivity index (χ0) is 107. The smallest absolute Gasteiger partial charge is 0.331 e. The fourth-order valence-electron chi connectivity index (χ4n) is 18.8. The van der Waals surface area contributed by atoms with Gasteiger partial charge in [-0.15, -0.1) is 0 Å². The van der Waals surface area contributed by atoms with E-state index < -0.39 is 31.3 Å². The molecule has 49 heteroatoms. The Morgan fingerprint density at radius 3 is 0.967 bits per heavy atom. The lowest BCUT2D eigenvalue weighted by atomic mass is 9.86. The summed E-state index contributed by atoms with van der Waals surface area (Å²) in [6, 6.07) is 39.3. The number of methoxy groups -OCH3 is 5. The maximum atomic E-state index is 12.7. The lowest BCUT2D eigenvalue weighted by Crippen LogP contribution is -2.64. The Kier molecular flexibility index (Phi) is 37.4. The zero-order valence-electron chi connectivity index (χ0n) is 85.5. The van der Waals surface area contributed by atoms with Crippen molar-refractivity contribution in [2.75, 3.05) is 226 Å². The van der Waals surface area contributed by atoms with Crippen LogP contribution in [0.25, 0.3) is 0 Å². The molecule has 0 atom stereocenters. The van der Waals surface area contributed by atoms with E-state index in [9.17, 15) is 33.9 Å². The number of halogens is 5. The van der Waals surface area contributed by atoms with E-state index in [1.807, 2.05) is 109 Å². The van der Waals surface area contributed by atoms with Crippen LogP contribution in [-0.4, -0.2) is 267 Å². The molecule has 10 aliphatic rings. The third-order valence-corrected chi connectivity index (χ3v) is 32.5. The third kappa shape index (κ3) is 28.6. The average molecular weight is 2220 g/mol. The molecule has 0 unspecified atom stereocenters. The number of benzene rings is 3. The molecule has 10 fully saturated rings. The first-order valence-corrected chi connectivity index (χ1v) is 58.9. The Morgan fingerprint density at radius 2 is 0.653 bits per heavy atom. The number of aromatic nitrogens is 11. The zero-order valence-corrected chi connectivity index (χ0v) is 92.0. The minimum Gasteiger partial charge on any atom is -0.479 e. The van der Waals surface area contributed by atoms with Crippen LogP contribution in [0.15, 0.2) is 152 Å². The molecular weight excluding hydrogens is 2090 g/mol. The van der Waals surface area contributed by atoms with Crippen molar-refractivity contribution < 1.29 is 70.9 Å². The molecule has 3 aromatic carbocycles. The van der Waals surface area contributed by atoms with Crippen LogP contribution >= 0.6 is 79.4 Å². The first-order valence-electron chi connectivity index (χ1n) is 49.2. The van der Waals surface area contributed by atoms with E-state index in [0.29, 0.717) is 102 Å². The number of para-hydroxylation sites is 3. The topological polar surface area (TPSA) is 483 Å². The molecule has 0 aliphatic carbocycles. The van der Waals surface area contributed by atoms with E-state index in [2.05, 4.69) is 101 Å². The van der Waals surface area contributed by atoms with Gasteiger partial charge < -0.3 is 118 Å². The number of pyridine rings is 5. The number of rotatable bonds is 24. The van der Waals surface area contributed by atoms with Gasteiger partial charge in [0.15, 0.2) is 17.5 Å². The molecular formula is C101H126Cl5N24O17P3. The van der Waals surface area contributed by atoms with Gasteiger partial charge in [0.25, 0.3) is 11.8 Å². The second kappa shape index (κ2) is 49.8. The van der Waals surface area contributed by atoms with Crippen molar-refractivity contribution in [2.24, 2.45) is 0 Å². The molecule has 21 rings (SSSR count). The molecule has 8 N–H and O–H groups in total. The Bertz CT molecular complexity index is 6480. The number of nitrogens with two attached hydrogens (primary N) is 1. The summed E-state index contributed by atoms with van der Waals surface area (Å²) in [5.74, 6) is 6.49. The Labute approximate surface area is 896 Å². The van der Waals surface area contributed by atoms with Gasteiger partial charge in [0.1, 0.15) is 98.7 Å². The van der Waals surface area contributed by atoms with Gasteiger partial charge in [0.2, 0.25) is 34.8 Å². The monoisotopic (exact) mass is 2210 g/mol. The molecule has 0 saturated carbocycles. The summed E-state index contributed by atoms with van der Waals surface area (Å²) in [4.78, 5) is 75.9. The van der Waals surface area contributed by atoms with Crippen LogP contribution in [-0.2, 0) is 37.4 Å². The largest absolute Gasteiger partial charge is 0.479 e. The van der Waals surface area contributed by atoms with Crippen LogP contribution in [0, 0.1) is 20.2 Å². The van der Waals surface area contributed by atoms with Gasteiger partial charge >= 0.3 is 11.4 Å². The van der Waals surface area contributed by atoms with Crippen molar-refractivity contribution in [3.05, 3.63) is 198 Å². The van der Waals surface area contributed by atoms with Crippen molar-refractivity contribution >= 4 is 193 Å². The molecule has 5 spiro atoms. The number of hydrogen-bond donors (Lipinski definition) is 7. The maximum absolute atomic E-state index is 12.7. The molecule has 802 valence electrons. The molecule has 0 bridgehead atoms. The van der Waals surface area contributed by atoms with Crippen LogP contribution in [0.5, 0.6) is 29.4 Å². The van der Waals surface area contributed by atoms with Crippen LogP contribution in [0.4, 0.5) is 98.1 Å². The Balaban J connectivity index is 0.000000137. The van der Waals surface area contributed by atoms with Gasteiger partial charge in [-0.3, -0.25) is 20.2 Å². The highest BCUT2D eigenvalue weighted by atomic mass is 35.5. The number of hydrogen-bond acceptors (Lipinski definition) is 39. The second-order valence-electron chi connectivity index (χ2n) is 38.9. The maximum Gasteiger partial charge on any atom is 0.331 e. The molecule has 8 aromatic heterocycles. The lowest BCUT2D eigenvalue weighted by Gasteiger charge is -2.52. The molecule has 0 radical (unpaired) electrons. The summed E-state index contributed by atoms with van der Waals surface area (Å²) >= 11 is 30.0. The van der Waals surface area contributed by atoms with Crippen LogP contribution in [0.2, 0.25) is 25.5 Å². The Morgan fingerprint density at radius 1 is 0.353 bits per heavy atom. The van der Waals surface area contributed by atoms with Crippen molar-refractivity contribution in [3.63, 3.8) is 0 Å². The standard InChI is InChI=1S/2C25H30ClN6O3P.C13H17N3O4.C13H19N3O2.C12H12Cl2N3OP.C7H13NO.C6H5ClN2O3/c2*1-34-23-19(10-11-21(30-23)32-15-25(16-32)12-6-7-13-35-25)29-24-27-14-17(26)22(31-24)28-18-8-4-5-9-20(18)36(2,3)33;1-19-12-10(16(17)18)4-5-11(14-12)15-8-13(9-15)6-2-3-7-20-13;1-17-12-10(14)4-5-11(15-12)16-8-13(9-16)6-2-3-7-18-13;1-19(2,18)10-6-4-3-5-9(10)16-11-8(13)7-15-12(14)17-11;1-2-4-9-7(3-1)5-8-6-7;1-12-6-4(9(10)11)2-3-5(7)8-6/h2*4-5,8-11,14H,6-7,12-13,15-16H2,1-3H3,(H2,27,28,29,31);4-5H,2-3,6-9H2,1H3;4-5H,2-3,6-9,14H2,1H3;3-7H,1-2H3,(H,15,16,17);8H,1-6H2;2-3H,1H3. The first-order chi connectivity index (χ1) is 71.8. The van der Waals surface area contributed by atoms with E-state index in [1.54, 1.807) is 67.4 Å². The van der Waals surface area contributed by atoms with Gasteiger partial charge in [-0.1, -0.05) is 82.8 Å². The third-order valence-electron chi connectivity index (χ3n) is 26.7. The van der Waals surface area contributed by atoms with Gasteiger partial charge in [-0.05, 0) is 233 Å². The summed E-state index contributed by atoms with van der Waals surface area (Å²) in [5, 5.41) is 43.7. The number of nitrogens with one attached hydrogen (secondary N) is 6. The minimum absolute atomic E-state index is 0.0213. The molecule has 41 nitrogen and oxygen atoms in total. The van der Waals surface area contributed by atoms with Gasteiger partial charge in [-0.2, -0.15) is 39.9 Å². The highest BCUT2D eigenvalue weighted by Gasteiger charge is 2.50. The highest BCUT2D eigenvalue weighted by Crippen LogP contribution is 2.47. The van der Waals surface area contributed by atoms with Crippen molar-refractivity contribution in [2.45, 2.75) is 124 Å². The quantitative estimate of drug-likeness (QED) is 0.00971. The van der Waals surface area contributed by atoms with E-state index in [1.165, 1.54) is 102 Å². The minimum atomic E-state index is -2.51. The summed E-state index contributed by atoms with van der Waals surface area (Å²) in [6.07, 6.45) is 22.3. The van der Waals surface area contributed by atoms with Crippen molar-refractivity contribution in [1.29, 1.82) is 0 Å². The summed E-state index contributed by atoms with van der Waals surface area (Å²) < 4.78 is 93.1. The molecule has 11 aromatic rings. The van der Waals surface area contributed by atoms with Crippen LogP contribution < -0.4 is 96.8 Å². The molecule has 0 amide bonds. The molecule has 10 saturated heterocycles. The van der Waals surface area contributed by atoms with E-state index in [0.717, 1.165) is 177 Å². The first kappa shape index (κ1) is 112. The fourth-order valence-corrected chi connectivity index (χ4v) is 22.9. The predicted octanol–water partition coefficient (Wildman–Crippen LogP) is 19.2. The highest BCUT2D eigenvalue weighted by molar-refractivity contribution is 7.71. The van der Waals surface area contributed by atoms with E-state index in [4.69, 9.17) is 116 Å². The predicted molar refractivity (Wildman–Crippen MR) is 590 cm³/mol. The number of nitro groups is 2. The second-order valence-corrected chi connectivity index (χ2v) is 50.4. The number of nitrogen functional groups attached to an aromatic ring is 1. The number of nitrogens with zero attached hydrogens (tertiary/aromatic N) is 17.